The van der Waals surface area contributed by atoms with Crippen LogP contribution >= 0.6 is 0 Å². The summed E-state index contributed by atoms with van der Waals surface area (Å²) in [6, 6.07) is 8.64. The highest BCUT2D eigenvalue weighted by molar-refractivity contribution is 6.13. The van der Waals surface area contributed by atoms with E-state index in [1.165, 1.54) is 4.90 Å². The Morgan fingerprint density at radius 2 is 1.77 bits per heavy atom. The van der Waals surface area contributed by atoms with E-state index in [0.717, 1.165) is 12.5 Å². The van der Waals surface area contributed by atoms with E-state index < -0.39 is 29.2 Å². The minimum Gasteiger partial charge on any atom is -0.481 e. The lowest BCUT2D eigenvalue weighted by Gasteiger charge is -2.32. The number of aliphatic carboxylic acids is 1. The number of ketones is 1. The van der Waals surface area contributed by atoms with E-state index >= 15 is 0 Å². The van der Waals surface area contributed by atoms with E-state index in [1.807, 2.05) is 30.3 Å². The Morgan fingerprint density at radius 1 is 1.16 bits per heavy atom. The van der Waals surface area contributed by atoms with Gasteiger partial charge in [-0.3, -0.25) is 19.2 Å². The molecule has 10 heteroatoms. The summed E-state index contributed by atoms with van der Waals surface area (Å²) >= 11 is 0. The fourth-order valence-electron chi connectivity index (χ4n) is 3.41. The Bertz CT molecular complexity index is 754. The third-order valence-corrected chi connectivity index (χ3v) is 4.91. The summed E-state index contributed by atoms with van der Waals surface area (Å²) in [6.45, 7) is 2.12. The van der Waals surface area contributed by atoms with E-state index in [9.17, 15) is 14.4 Å². The number of nitrogens with zero attached hydrogens (tertiary/aromatic N) is 1. The van der Waals surface area contributed by atoms with Gasteiger partial charge in [0, 0.05) is 33.0 Å². The second-order valence-corrected chi connectivity index (χ2v) is 7.35. The van der Waals surface area contributed by atoms with Crippen LogP contribution in [0.3, 0.4) is 0 Å². The molecule has 1 aromatic carbocycles. The van der Waals surface area contributed by atoms with Crippen molar-refractivity contribution < 1.29 is 24.3 Å². The Morgan fingerprint density at radius 3 is 2.32 bits per heavy atom. The molecule has 0 aliphatic carbocycles. The molecule has 1 aromatic rings. The lowest BCUT2D eigenvalue weighted by atomic mass is 9.85. The zero-order valence-electron chi connectivity index (χ0n) is 17.9. The van der Waals surface area contributed by atoms with Gasteiger partial charge < -0.3 is 32.5 Å². The average Bonchev–Trinajstić information content (AvgIpc) is 3.22. The van der Waals surface area contributed by atoms with Crippen LogP contribution < -0.4 is 22.5 Å². The topological polar surface area (TPSA) is 182 Å². The van der Waals surface area contributed by atoms with Crippen molar-refractivity contribution in [3.05, 3.63) is 35.9 Å². The van der Waals surface area contributed by atoms with Gasteiger partial charge >= 0.3 is 0 Å². The summed E-state index contributed by atoms with van der Waals surface area (Å²) in [4.78, 5) is 48.7. The number of Topliss-reactive ketones (excluding diaryl/α,β-unsaturated/α-hetero) is 1. The molecule has 1 fully saturated rings. The molecule has 1 saturated heterocycles. The van der Waals surface area contributed by atoms with Crippen LogP contribution in [-0.2, 0) is 25.7 Å². The van der Waals surface area contributed by atoms with Gasteiger partial charge in [0.2, 0.25) is 11.8 Å². The van der Waals surface area contributed by atoms with Crippen LogP contribution in [0, 0.1) is 0 Å². The smallest absolute Gasteiger partial charge is 0.300 e. The molecule has 2 amide bonds. The first-order chi connectivity index (χ1) is 14.7. The van der Waals surface area contributed by atoms with Crippen LogP contribution in [0.15, 0.2) is 30.3 Å². The molecule has 1 heterocycles. The number of carboxylic acid groups (broad SMARTS) is 1. The van der Waals surface area contributed by atoms with Crippen LogP contribution in [0.5, 0.6) is 0 Å². The predicted molar refractivity (Wildman–Crippen MR) is 116 cm³/mol. The summed E-state index contributed by atoms with van der Waals surface area (Å²) in [6.07, 6.45) is 1.36. The van der Waals surface area contributed by atoms with E-state index in [1.54, 1.807) is 0 Å². The maximum Gasteiger partial charge on any atom is 0.300 e. The highest BCUT2D eigenvalue weighted by Gasteiger charge is 2.48. The first-order valence-corrected chi connectivity index (χ1v) is 10.2. The number of hydrogen-bond donors (Lipinski definition) is 5. The first kappa shape index (κ1) is 26.2. The van der Waals surface area contributed by atoms with Gasteiger partial charge in [-0.25, -0.2) is 0 Å². The van der Waals surface area contributed by atoms with Gasteiger partial charge in [0.15, 0.2) is 11.3 Å². The minimum atomic E-state index is -1.76. The van der Waals surface area contributed by atoms with Crippen molar-refractivity contribution in [1.29, 1.82) is 0 Å². The molecule has 8 N–H and O–H groups in total. The quantitative estimate of drug-likeness (QED) is 0.317. The third kappa shape index (κ3) is 7.74. The molecule has 1 unspecified atom stereocenters. The number of nitrogens with two attached hydrogens (primary N) is 3. The molecule has 0 aromatic heterocycles. The number of rotatable bonds is 9. The Hall–Kier alpha value is -2.82. The van der Waals surface area contributed by atoms with Gasteiger partial charge in [0.05, 0.1) is 6.04 Å². The molecule has 0 spiro atoms. The number of carbonyl (C=O) groups is 4. The fraction of sp³-hybridized carbons (Fsp3) is 0.524. The van der Waals surface area contributed by atoms with Crippen LogP contribution in [0.4, 0.5) is 0 Å². The number of benzene rings is 1. The number of amides is 2. The maximum atomic E-state index is 13.2. The molecule has 1 aliphatic rings. The van der Waals surface area contributed by atoms with Crippen molar-refractivity contribution in [2.75, 3.05) is 19.6 Å². The lowest BCUT2D eigenvalue weighted by molar-refractivity contribution is -0.144. The number of carboxylic acids is 1. The maximum absolute atomic E-state index is 13.2. The van der Waals surface area contributed by atoms with Gasteiger partial charge in [0.1, 0.15) is 0 Å². The normalized spacial score (nSPS) is 17.2. The molecule has 2 atom stereocenters. The molecule has 2 rings (SSSR count). The monoisotopic (exact) mass is 435 g/mol. The highest BCUT2D eigenvalue weighted by atomic mass is 16.4. The number of likely N-dealkylation sites (tertiary alicyclic amines) is 1. The minimum absolute atomic E-state index is 0.0157. The van der Waals surface area contributed by atoms with E-state index in [-0.39, 0.29) is 38.4 Å². The predicted octanol–water partition coefficient (Wildman–Crippen LogP) is -0.651. The van der Waals surface area contributed by atoms with Gasteiger partial charge in [-0.05, 0) is 31.4 Å². The van der Waals surface area contributed by atoms with Crippen molar-refractivity contribution in [2.24, 2.45) is 17.2 Å². The van der Waals surface area contributed by atoms with E-state index in [2.05, 4.69) is 5.32 Å². The zero-order valence-corrected chi connectivity index (χ0v) is 17.9. The van der Waals surface area contributed by atoms with Crippen LogP contribution in [0.25, 0.3) is 0 Å². The molecule has 31 heavy (non-hydrogen) atoms. The van der Waals surface area contributed by atoms with Crippen LogP contribution in [0.1, 0.15) is 38.2 Å². The summed E-state index contributed by atoms with van der Waals surface area (Å²) in [5.41, 5.74) is 16.5. The SMILES string of the molecule is CC(=O)O.NCCC(=O)N1CCC[C@H]1C(=O)C(N)(CCN)C(=O)NCc1ccccc1. The van der Waals surface area contributed by atoms with Crippen LogP contribution in [-0.4, -0.2) is 64.8 Å². The molecule has 0 radical (unpaired) electrons. The largest absolute Gasteiger partial charge is 0.481 e. The number of carbonyl (C=O) groups excluding carboxylic acids is 3. The summed E-state index contributed by atoms with van der Waals surface area (Å²) in [5, 5.41) is 10.2. The van der Waals surface area contributed by atoms with Crippen molar-refractivity contribution in [3.8, 4) is 0 Å². The highest BCUT2D eigenvalue weighted by Crippen LogP contribution is 2.24. The molecule has 1 aliphatic heterocycles. The lowest BCUT2D eigenvalue weighted by Crippen LogP contribution is -2.64. The van der Waals surface area contributed by atoms with Gasteiger partial charge in [-0.2, -0.15) is 0 Å². The Kier molecular flexibility index (Phi) is 10.8. The Balaban J connectivity index is 0.00000110. The van der Waals surface area contributed by atoms with Crippen molar-refractivity contribution in [1.82, 2.24) is 10.2 Å². The molecular weight excluding hydrogens is 402 g/mol. The van der Waals surface area contributed by atoms with Gasteiger partial charge in [0.25, 0.3) is 5.97 Å². The van der Waals surface area contributed by atoms with Gasteiger partial charge in [-0.1, -0.05) is 30.3 Å². The zero-order chi connectivity index (χ0) is 23.4. The second-order valence-electron chi connectivity index (χ2n) is 7.35. The second kappa shape index (κ2) is 12.8. The summed E-state index contributed by atoms with van der Waals surface area (Å²) in [7, 11) is 0. The first-order valence-electron chi connectivity index (χ1n) is 10.2. The Labute approximate surface area is 182 Å². The summed E-state index contributed by atoms with van der Waals surface area (Å²) < 4.78 is 0. The van der Waals surface area contributed by atoms with Gasteiger partial charge in [-0.15, -0.1) is 0 Å². The van der Waals surface area contributed by atoms with E-state index in [4.69, 9.17) is 27.1 Å². The summed E-state index contributed by atoms with van der Waals surface area (Å²) in [5.74, 6) is -2.05. The molecule has 0 bridgehead atoms. The van der Waals surface area contributed by atoms with Crippen molar-refractivity contribution in [3.63, 3.8) is 0 Å². The molecule has 0 saturated carbocycles. The van der Waals surface area contributed by atoms with E-state index in [0.29, 0.717) is 19.4 Å². The molecule has 172 valence electrons. The van der Waals surface area contributed by atoms with Crippen LogP contribution in [0.2, 0.25) is 0 Å². The van der Waals surface area contributed by atoms with Crippen molar-refractivity contribution in [2.45, 2.75) is 50.7 Å². The number of hydrogen-bond acceptors (Lipinski definition) is 7. The fourth-order valence-corrected chi connectivity index (χ4v) is 3.41. The third-order valence-electron chi connectivity index (χ3n) is 4.91. The van der Waals surface area contributed by atoms with Crippen molar-refractivity contribution >= 4 is 23.6 Å². The molecular formula is C21H33N5O5. The standard InChI is InChI=1S/C19H29N5O3.C2H4O2/c20-10-8-16(25)24-12-4-7-15(24)17(26)19(22,9-11-21)18(27)23-13-14-5-2-1-3-6-14;1-2(3)4/h1-3,5-6,15H,4,7-13,20-22H2,(H,23,27);1H3,(H,3,4)/t15-,19?;/m0./s1. The number of nitrogens with one attached hydrogen (secondary N) is 1. The average molecular weight is 436 g/mol. The molecule has 10 nitrogen and oxygen atoms in total.